The minimum Gasteiger partial charge on any atom is -0.493 e. The lowest BCUT2D eigenvalue weighted by atomic mass is 10.0. The van der Waals surface area contributed by atoms with Crippen LogP contribution in [0.2, 0.25) is 51.4 Å². The Hall–Kier alpha value is -6.09. The summed E-state index contributed by atoms with van der Waals surface area (Å²) in [6.45, 7) is 13.4. The summed E-state index contributed by atoms with van der Waals surface area (Å²) >= 11 is 0. The Morgan fingerprint density at radius 1 is 0.653 bits per heavy atom. The van der Waals surface area contributed by atoms with Crippen LogP contribution in [0.15, 0.2) is 66.7 Å². The van der Waals surface area contributed by atoms with E-state index in [2.05, 4.69) is 43.5 Å². The Labute approximate surface area is 418 Å². The second-order valence-corrected chi connectivity index (χ2v) is 32.8. The van der Waals surface area contributed by atoms with Crippen LogP contribution in [0.4, 0.5) is 30.2 Å². The maximum Gasteiger partial charge on any atom is 0.534 e. The number of nitrogens with two attached hydrogens (primary N) is 1. The summed E-state index contributed by atoms with van der Waals surface area (Å²) in [5.41, 5.74) is 2.87. The van der Waals surface area contributed by atoms with Gasteiger partial charge < -0.3 is 43.2 Å². The first-order valence-electron chi connectivity index (χ1n) is 23.2. The molecule has 2 N–H and O–H groups in total. The summed E-state index contributed by atoms with van der Waals surface area (Å²) in [4.78, 5) is 62.2. The standard InChI is InChI=1S/C48H60F3N5O13SSi2/c1-63-40-22-34-36(55(28-65-16-18-71(3,4)5)46(59)38-20-31(26-53(38)44(34)57)30-10-12-32(52)13-11-30)24-42(40)67-14-9-15-68-43-25-37-35(23-41(43)64-2)45(58)54-27-33(69-70(61,62)48(49,50)51)21-39(54)47(60)56(37)29-66-17-19-72(6,7)8/h10-13,22-27,38-39H,9,14-21,28-29,52H2,1-8H3/t38-,39-/m0/s1. The minimum absolute atomic E-state index is 0.0101. The van der Waals surface area contributed by atoms with Crippen LogP contribution in [0.1, 0.15) is 45.5 Å². The van der Waals surface area contributed by atoms with Gasteiger partial charge in [0.1, 0.15) is 31.3 Å². The Morgan fingerprint density at radius 2 is 1.11 bits per heavy atom. The van der Waals surface area contributed by atoms with Gasteiger partial charge in [0, 0.05) is 78.8 Å². The van der Waals surface area contributed by atoms with E-state index in [1.807, 2.05) is 12.1 Å². The number of ether oxygens (including phenoxy) is 6. The topological polar surface area (TPSA) is 206 Å². The summed E-state index contributed by atoms with van der Waals surface area (Å²) in [5, 5.41) is 0. The number of carbonyl (C=O) groups excluding carboxylic acids is 4. The van der Waals surface area contributed by atoms with Gasteiger partial charge in [0.25, 0.3) is 23.6 Å². The predicted octanol–water partition coefficient (Wildman–Crippen LogP) is 7.63. The molecule has 4 aliphatic rings. The van der Waals surface area contributed by atoms with Crippen LogP contribution in [-0.2, 0) is 33.4 Å². The molecule has 3 aromatic rings. The zero-order valence-corrected chi connectivity index (χ0v) is 44.2. The highest BCUT2D eigenvalue weighted by molar-refractivity contribution is 7.87. The lowest BCUT2D eigenvalue weighted by Gasteiger charge is -2.27. The van der Waals surface area contributed by atoms with Crippen molar-refractivity contribution in [2.24, 2.45) is 0 Å². The Balaban J connectivity index is 1.11. The molecular weight excluding hydrogens is 1000 g/mol. The van der Waals surface area contributed by atoms with Crippen LogP contribution < -0.4 is 34.5 Å². The van der Waals surface area contributed by atoms with E-state index in [1.165, 1.54) is 36.2 Å². The molecule has 0 aromatic heterocycles. The molecule has 4 amide bonds. The molecule has 0 unspecified atom stereocenters. The van der Waals surface area contributed by atoms with Gasteiger partial charge >= 0.3 is 15.6 Å². The number of benzene rings is 3. The third-order valence-corrected chi connectivity index (χ3v) is 16.7. The normalized spacial score (nSPS) is 18.2. The van der Waals surface area contributed by atoms with Gasteiger partial charge in [0.15, 0.2) is 23.0 Å². The van der Waals surface area contributed by atoms with Crippen molar-refractivity contribution in [2.75, 3.05) is 69.6 Å². The van der Waals surface area contributed by atoms with Crippen LogP contribution in [-0.4, -0.2) is 130 Å². The van der Waals surface area contributed by atoms with E-state index in [1.54, 1.807) is 30.5 Å². The molecule has 0 radical (unpaired) electrons. The first kappa shape index (κ1) is 53.7. The molecule has 390 valence electrons. The number of fused-ring (bicyclic) bond motifs is 4. The maximum atomic E-state index is 14.5. The molecule has 24 heteroatoms. The number of nitrogen functional groups attached to an aromatic ring is 1. The van der Waals surface area contributed by atoms with Crippen molar-refractivity contribution in [3.8, 4) is 23.0 Å². The van der Waals surface area contributed by atoms with Crippen molar-refractivity contribution < 1.29 is 73.4 Å². The van der Waals surface area contributed by atoms with E-state index in [0.29, 0.717) is 18.0 Å². The summed E-state index contributed by atoms with van der Waals surface area (Å²) in [6, 6.07) is 12.4. The van der Waals surface area contributed by atoms with E-state index in [4.69, 9.17) is 34.2 Å². The number of methoxy groups -OCH3 is 2. The molecule has 4 aliphatic heterocycles. The van der Waals surface area contributed by atoms with Crippen molar-refractivity contribution in [3.05, 3.63) is 83.4 Å². The molecular formula is C48H60F3N5O13SSi2. The fraction of sp³-hybridized carbons (Fsp3) is 0.458. The van der Waals surface area contributed by atoms with Crippen LogP contribution in [0.3, 0.4) is 0 Å². The summed E-state index contributed by atoms with van der Waals surface area (Å²) in [6.07, 6.45) is 2.35. The number of nitrogens with zero attached hydrogens (tertiary/aromatic N) is 4. The van der Waals surface area contributed by atoms with Crippen LogP contribution in [0.5, 0.6) is 23.0 Å². The second-order valence-electron chi connectivity index (χ2n) is 20.0. The van der Waals surface area contributed by atoms with Gasteiger partial charge in [-0.2, -0.15) is 21.6 Å². The maximum absolute atomic E-state index is 14.5. The zero-order valence-electron chi connectivity index (χ0n) is 41.4. The molecule has 0 spiro atoms. The molecule has 72 heavy (non-hydrogen) atoms. The number of rotatable bonds is 21. The van der Waals surface area contributed by atoms with Gasteiger partial charge in [0.2, 0.25) is 0 Å². The number of alkyl halides is 3. The first-order valence-corrected chi connectivity index (χ1v) is 32.0. The summed E-state index contributed by atoms with van der Waals surface area (Å²) in [5.74, 6) is -2.42. The smallest absolute Gasteiger partial charge is 0.493 e. The summed E-state index contributed by atoms with van der Waals surface area (Å²) in [7, 11) is -6.42. The van der Waals surface area contributed by atoms with Crippen LogP contribution in [0.25, 0.3) is 5.57 Å². The molecule has 0 bridgehead atoms. The number of anilines is 3. The van der Waals surface area contributed by atoms with Gasteiger partial charge in [-0.15, -0.1) is 0 Å². The molecule has 0 fully saturated rings. The lowest BCUT2D eigenvalue weighted by Crippen LogP contribution is -2.45. The molecule has 4 heterocycles. The van der Waals surface area contributed by atoms with Crippen molar-refractivity contribution in [2.45, 2.75) is 88.2 Å². The van der Waals surface area contributed by atoms with Crippen LogP contribution in [0, 0.1) is 0 Å². The Morgan fingerprint density at radius 3 is 1.56 bits per heavy atom. The SMILES string of the molecule is COc1cc2c(cc1OCCCOc1cc3c(cc1OC)C(=O)N1C=C(c4ccc(N)cc4)C[C@H]1C(=O)N3COCC[Si](C)(C)C)N(COCC[Si](C)(C)C)C(=O)[C@@H]1CC(OS(=O)(=O)C(F)(F)F)=CN1C2=O. The minimum atomic E-state index is -6.09. The third-order valence-electron chi connectivity index (χ3n) is 12.3. The highest BCUT2D eigenvalue weighted by Crippen LogP contribution is 2.44. The van der Waals surface area contributed by atoms with Crippen molar-refractivity contribution in [1.82, 2.24) is 9.80 Å². The Bertz CT molecular complexity index is 2760. The van der Waals surface area contributed by atoms with Gasteiger partial charge in [-0.25, -0.2) is 0 Å². The molecule has 0 saturated heterocycles. The van der Waals surface area contributed by atoms with Gasteiger partial charge in [0.05, 0.1) is 49.9 Å². The van der Waals surface area contributed by atoms with E-state index >= 15 is 0 Å². The van der Waals surface area contributed by atoms with E-state index in [9.17, 15) is 40.8 Å². The predicted molar refractivity (Wildman–Crippen MR) is 267 cm³/mol. The number of halogens is 3. The van der Waals surface area contributed by atoms with Gasteiger partial charge in [-0.1, -0.05) is 51.4 Å². The largest absolute Gasteiger partial charge is 0.534 e. The monoisotopic (exact) mass is 1060 g/mol. The van der Waals surface area contributed by atoms with E-state index in [-0.39, 0.29) is 91.8 Å². The van der Waals surface area contributed by atoms with Crippen molar-refractivity contribution in [1.29, 1.82) is 0 Å². The fourth-order valence-corrected chi connectivity index (χ4v) is 10.2. The first-order chi connectivity index (χ1) is 33.8. The fourth-order valence-electron chi connectivity index (χ4n) is 8.22. The van der Waals surface area contributed by atoms with Crippen molar-refractivity contribution >= 4 is 72.5 Å². The molecule has 0 aliphatic carbocycles. The third kappa shape index (κ3) is 11.9. The summed E-state index contributed by atoms with van der Waals surface area (Å²) < 4.78 is 104. The molecule has 3 aromatic carbocycles. The Kier molecular flexibility index (Phi) is 15.8. The lowest BCUT2D eigenvalue weighted by molar-refractivity contribution is -0.123. The number of amides is 4. The molecule has 0 saturated carbocycles. The molecule has 7 rings (SSSR count). The molecule has 2 atom stereocenters. The quantitative estimate of drug-likeness (QED) is 0.0358. The van der Waals surface area contributed by atoms with Gasteiger partial charge in [-0.3, -0.25) is 33.9 Å². The zero-order chi connectivity index (χ0) is 52.5. The number of carbonyl (C=O) groups is 4. The second kappa shape index (κ2) is 21.2. The average molecular weight is 1060 g/mol. The molecule has 18 nitrogen and oxygen atoms in total. The van der Waals surface area contributed by atoms with Crippen LogP contribution >= 0.6 is 0 Å². The number of hydrogen-bond donors (Lipinski definition) is 1. The number of hydrogen-bond acceptors (Lipinski definition) is 14. The van der Waals surface area contributed by atoms with Gasteiger partial charge in [-0.05, 0) is 47.5 Å². The van der Waals surface area contributed by atoms with E-state index in [0.717, 1.165) is 39.2 Å². The van der Waals surface area contributed by atoms with E-state index < -0.39 is 73.8 Å². The highest BCUT2D eigenvalue weighted by atomic mass is 32.2. The average Bonchev–Trinajstić information content (AvgIpc) is 3.91. The highest BCUT2D eigenvalue weighted by Gasteiger charge is 2.51. The van der Waals surface area contributed by atoms with Crippen molar-refractivity contribution in [3.63, 3.8) is 0 Å².